The first-order chi connectivity index (χ1) is 8.18. The van der Waals surface area contributed by atoms with Crippen molar-refractivity contribution < 1.29 is 9.90 Å². The average Bonchev–Trinajstić information content (AvgIpc) is 2.84. The van der Waals surface area contributed by atoms with Gasteiger partial charge in [-0.25, -0.2) is 4.68 Å². The molecule has 5 heteroatoms. The fourth-order valence-corrected chi connectivity index (χ4v) is 1.29. The number of aromatic hydroxyl groups is 1. The van der Waals surface area contributed by atoms with Crippen molar-refractivity contribution in [2.75, 3.05) is 0 Å². The smallest absolute Gasteiger partial charge is 0.252 e. The Morgan fingerprint density at radius 2 is 2.12 bits per heavy atom. The predicted molar refractivity (Wildman–Crippen MR) is 65.1 cm³/mol. The third-order valence-electron chi connectivity index (χ3n) is 2.02. The number of hydrogen-bond acceptors (Lipinski definition) is 3. The second kappa shape index (κ2) is 5.69. The van der Waals surface area contributed by atoms with Gasteiger partial charge in [-0.2, -0.15) is 5.10 Å². The van der Waals surface area contributed by atoms with Crippen LogP contribution in [0.1, 0.15) is 24.2 Å². The maximum atomic E-state index is 10.9. The lowest BCUT2D eigenvalue weighted by atomic mass is 10.1. The molecule has 0 bridgehead atoms. The number of aromatic nitrogens is 2. The first kappa shape index (κ1) is 12.8. The Labute approximate surface area is 99.5 Å². The van der Waals surface area contributed by atoms with Crippen LogP contribution in [0.15, 0.2) is 36.7 Å². The van der Waals surface area contributed by atoms with Gasteiger partial charge in [-0.05, 0) is 18.2 Å². The normalized spacial score (nSPS) is 9.29. The highest BCUT2D eigenvalue weighted by Gasteiger charge is 2.08. The summed E-state index contributed by atoms with van der Waals surface area (Å²) in [6, 6.07) is 6.33. The van der Waals surface area contributed by atoms with Crippen molar-refractivity contribution in [3.05, 3.63) is 42.2 Å². The summed E-state index contributed by atoms with van der Waals surface area (Å²) in [6.45, 7) is 4.00. The van der Waals surface area contributed by atoms with Gasteiger partial charge in [-0.15, -0.1) is 0 Å². The molecule has 0 spiro atoms. The van der Waals surface area contributed by atoms with Gasteiger partial charge in [0, 0.05) is 18.5 Å². The van der Waals surface area contributed by atoms with Crippen molar-refractivity contribution in [1.29, 1.82) is 0 Å². The number of carbonyl (C=O) groups is 1. The summed E-state index contributed by atoms with van der Waals surface area (Å²) >= 11 is 0. The van der Waals surface area contributed by atoms with Crippen molar-refractivity contribution in [2.45, 2.75) is 13.8 Å². The van der Waals surface area contributed by atoms with Crippen molar-refractivity contribution in [1.82, 2.24) is 9.78 Å². The number of rotatable bonds is 2. The Bertz CT molecular complexity index is 492. The quantitative estimate of drug-likeness (QED) is 0.828. The molecule has 0 fully saturated rings. The van der Waals surface area contributed by atoms with E-state index in [0.29, 0.717) is 5.69 Å². The minimum absolute atomic E-state index is 0.103. The van der Waals surface area contributed by atoms with Crippen LogP contribution in [0.5, 0.6) is 5.75 Å². The molecular weight excluding hydrogens is 218 g/mol. The SMILES string of the molecule is CC.NC(=O)c1ccc(-n2cccn2)cc1O. The summed E-state index contributed by atoms with van der Waals surface area (Å²) in [5.41, 5.74) is 5.83. The van der Waals surface area contributed by atoms with Gasteiger partial charge < -0.3 is 10.8 Å². The van der Waals surface area contributed by atoms with E-state index in [1.165, 1.54) is 12.1 Å². The molecule has 0 aliphatic carbocycles. The number of benzene rings is 1. The first-order valence-corrected chi connectivity index (χ1v) is 5.31. The van der Waals surface area contributed by atoms with Crippen LogP contribution in [0.4, 0.5) is 0 Å². The highest BCUT2D eigenvalue weighted by atomic mass is 16.3. The number of phenols is 1. The maximum absolute atomic E-state index is 10.9. The van der Waals surface area contributed by atoms with Crippen LogP contribution in [0.25, 0.3) is 5.69 Å². The van der Waals surface area contributed by atoms with Crippen LogP contribution in [0, 0.1) is 0 Å². The van der Waals surface area contributed by atoms with Gasteiger partial charge in [0.15, 0.2) is 0 Å². The lowest BCUT2D eigenvalue weighted by Gasteiger charge is -2.04. The van der Waals surface area contributed by atoms with Gasteiger partial charge in [-0.3, -0.25) is 4.79 Å². The van der Waals surface area contributed by atoms with E-state index in [1.54, 1.807) is 29.2 Å². The third kappa shape index (κ3) is 2.84. The summed E-state index contributed by atoms with van der Waals surface area (Å²) in [5, 5.41) is 13.5. The zero-order valence-corrected chi connectivity index (χ0v) is 9.79. The Hall–Kier alpha value is -2.30. The van der Waals surface area contributed by atoms with E-state index in [9.17, 15) is 9.90 Å². The lowest BCUT2D eigenvalue weighted by molar-refractivity contribution is 0.0998. The van der Waals surface area contributed by atoms with Crippen LogP contribution in [0.3, 0.4) is 0 Å². The van der Waals surface area contributed by atoms with Crippen molar-refractivity contribution in [3.63, 3.8) is 0 Å². The number of nitrogens with two attached hydrogens (primary N) is 1. The van der Waals surface area contributed by atoms with Gasteiger partial charge in [0.1, 0.15) is 5.75 Å². The molecule has 0 saturated carbocycles. The third-order valence-corrected chi connectivity index (χ3v) is 2.02. The zero-order chi connectivity index (χ0) is 12.8. The molecule has 5 nitrogen and oxygen atoms in total. The number of amides is 1. The fraction of sp³-hybridized carbons (Fsp3) is 0.167. The van der Waals surface area contributed by atoms with E-state index < -0.39 is 5.91 Å². The fourth-order valence-electron chi connectivity index (χ4n) is 1.29. The highest BCUT2D eigenvalue weighted by Crippen LogP contribution is 2.20. The predicted octanol–water partition coefficient (Wildman–Crippen LogP) is 1.70. The van der Waals surface area contributed by atoms with Gasteiger partial charge in [0.2, 0.25) is 0 Å². The molecule has 0 atom stereocenters. The monoisotopic (exact) mass is 233 g/mol. The second-order valence-electron chi connectivity index (χ2n) is 3.02. The molecule has 0 radical (unpaired) electrons. The molecule has 1 aromatic heterocycles. The molecular formula is C12H15N3O2. The summed E-state index contributed by atoms with van der Waals surface area (Å²) in [7, 11) is 0. The van der Waals surface area contributed by atoms with Crippen LogP contribution in [-0.4, -0.2) is 20.8 Å². The van der Waals surface area contributed by atoms with Crippen molar-refractivity contribution in [2.24, 2.45) is 5.73 Å². The van der Waals surface area contributed by atoms with Gasteiger partial charge in [-0.1, -0.05) is 13.8 Å². The minimum atomic E-state index is -0.653. The molecule has 3 N–H and O–H groups in total. The molecule has 2 rings (SSSR count). The van der Waals surface area contributed by atoms with E-state index in [-0.39, 0.29) is 11.3 Å². The molecule has 17 heavy (non-hydrogen) atoms. The molecule has 0 aliphatic heterocycles. The van der Waals surface area contributed by atoms with E-state index >= 15 is 0 Å². The average molecular weight is 233 g/mol. The van der Waals surface area contributed by atoms with Crippen molar-refractivity contribution in [3.8, 4) is 11.4 Å². The number of nitrogens with zero attached hydrogens (tertiary/aromatic N) is 2. The molecule has 1 amide bonds. The number of carbonyl (C=O) groups excluding carboxylic acids is 1. The zero-order valence-electron chi connectivity index (χ0n) is 9.79. The van der Waals surface area contributed by atoms with Crippen molar-refractivity contribution >= 4 is 5.91 Å². The molecule has 0 saturated heterocycles. The van der Waals surface area contributed by atoms with E-state index in [0.717, 1.165) is 0 Å². The van der Waals surface area contributed by atoms with Gasteiger partial charge in [0.25, 0.3) is 5.91 Å². The lowest BCUT2D eigenvalue weighted by Crippen LogP contribution is -2.11. The summed E-state index contributed by atoms with van der Waals surface area (Å²) < 4.78 is 1.57. The largest absolute Gasteiger partial charge is 0.507 e. The minimum Gasteiger partial charge on any atom is -0.507 e. The summed E-state index contributed by atoms with van der Waals surface area (Å²) in [4.78, 5) is 10.9. The molecule has 1 aromatic carbocycles. The van der Waals surface area contributed by atoms with Gasteiger partial charge in [0.05, 0.1) is 11.3 Å². The molecule has 0 unspecified atom stereocenters. The van der Waals surface area contributed by atoms with Crippen LogP contribution in [0.2, 0.25) is 0 Å². The number of hydrogen-bond donors (Lipinski definition) is 2. The first-order valence-electron chi connectivity index (χ1n) is 5.31. The summed E-state index contributed by atoms with van der Waals surface area (Å²) in [5.74, 6) is -0.796. The van der Waals surface area contributed by atoms with Gasteiger partial charge >= 0.3 is 0 Å². The van der Waals surface area contributed by atoms with E-state index in [1.807, 2.05) is 13.8 Å². The second-order valence-corrected chi connectivity index (χ2v) is 3.02. The molecule has 90 valence electrons. The Kier molecular flexibility index (Phi) is 4.28. The van der Waals surface area contributed by atoms with Crippen LogP contribution >= 0.6 is 0 Å². The van der Waals surface area contributed by atoms with E-state index in [2.05, 4.69) is 5.10 Å². The highest BCUT2D eigenvalue weighted by molar-refractivity contribution is 5.95. The standard InChI is InChI=1S/C10H9N3O2.C2H6/c11-10(15)8-3-2-7(6-9(8)14)13-5-1-4-12-13;1-2/h1-6,14H,(H2,11,15);1-2H3. The Balaban J connectivity index is 0.000000686. The number of primary amides is 1. The van der Waals surface area contributed by atoms with E-state index in [4.69, 9.17) is 5.73 Å². The molecule has 2 aromatic rings. The summed E-state index contributed by atoms with van der Waals surface area (Å²) in [6.07, 6.45) is 3.36. The molecule has 0 aliphatic rings. The maximum Gasteiger partial charge on any atom is 0.252 e. The molecule has 1 heterocycles. The van der Waals surface area contributed by atoms with Crippen LogP contribution in [-0.2, 0) is 0 Å². The Morgan fingerprint density at radius 1 is 1.41 bits per heavy atom. The van der Waals surface area contributed by atoms with Crippen LogP contribution < -0.4 is 5.73 Å². The Morgan fingerprint density at radius 3 is 2.59 bits per heavy atom. The topological polar surface area (TPSA) is 81.1 Å².